The fourth-order valence-electron chi connectivity index (χ4n) is 6.12. The molecule has 5 rings (SSSR count). The lowest BCUT2D eigenvalue weighted by Gasteiger charge is -2.47. The largest absolute Gasteiger partial charge is 0.466 e. The van der Waals surface area contributed by atoms with Crippen LogP contribution in [0.15, 0.2) is 54.3 Å². The molecule has 1 aromatic carbocycles. The lowest BCUT2D eigenvalue weighted by Crippen LogP contribution is -2.49. The maximum absolute atomic E-state index is 14.2. The van der Waals surface area contributed by atoms with E-state index in [0.29, 0.717) is 19.5 Å². The first kappa shape index (κ1) is 25.1. The Morgan fingerprint density at radius 2 is 2.03 bits per heavy atom. The number of amides is 1. The van der Waals surface area contributed by atoms with Crippen LogP contribution in [-0.2, 0) is 23.9 Å². The molecule has 0 radical (unpaired) electrons. The Morgan fingerprint density at radius 3 is 2.78 bits per heavy atom. The van der Waals surface area contributed by atoms with E-state index in [2.05, 4.69) is 15.5 Å². The van der Waals surface area contributed by atoms with Crippen LogP contribution in [0.4, 0.5) is 0 Å². The standard InChI is InChI=1S/C28H33N3O6/c1-18(33)37-13-12-29-16-20(9-10-26(34)36-2)22-15-24(29)25-14-19-6-3-4-8-23(19)31(25)27(22)28(35)30-11-5-7-21(30)17-32/h3-4,6,8-10,14,16,21-22,24,27,32H,5,7,11-13,15,17H2,1-2H3/b10-9+/t21-,22-,24-,27+/m0/s1. The number of hydrogen-bond acceptors (Lipinski definition) is 7. The third-order valence-electron chi connectivity index (χ3n) is 7.79. The summed E-state index contributed by atoms with van der Waals surface area (Å²) in [5.41, 5.74) is 2.85. The van der Waals surface area contributed by atoms with Gasteiger partial charge in [-0.05, 0) is 48.4 Å². The van der Waals surface area contributed by atoms with Gasteiger partial charge in [0.2, 0.25) is 5.91 Å². The molecule has 9 nitrogen and oxygen atoms in total. The number of rotatable bonds is 7. The first-order valence-corrected chi connectivity index (χ1v) is 12.8. The van der Waals surface area contributed by atoms with Gasteiger partial charge in [-0.2, -0.15) is 0 Å². The Balaban J connectivity index is 1.62. The molecule has 0 saturated carbocycles. The van der Waals surface area contributed by atoms with E-state index < -0.39 is 12.0 Å². The smallest absolute Gasteiger partial charge is 0.330 e. The number of methoxy groups -OCH3 is 1. The number of carbonyl (C=O) groups excluding carboxylic acids is 3. The molecular formula is C28H33N3O6. The summed E-state index contributed by atoms with van der Waals surface area (Å²) in [5, 5.41) is 11.0. The van der Waals surface area contributed by atoms with Crippen molar-refractivity contribution < 1.29 is 29.0 Å². The van der Waals surface area contributed by atoms with Crippen LogP contribution in [0, 0.1) is 5.92 Å². The fraction of sp³-hybridized carbons (Fsp3) is 0.464. The minimum Gasteiger partial charge on any atom is -0.466 e. The number of likely N-dealkylation sites (tertiary alicyclic amines) is 1. The first-order chi connectivity index (χ1) is 17.9. The van der Waals surface area contributed by atoms with Crippen molar-refractivity contribution in [2.75, 3.05) is 33.4 Å². The van der Waals surface area contributed by atoms with Crippen molar-refractivity contribution in [3.8, 4) is 0 Å². The molecule has 1 fully saturated rings. The number of allylic oxidation sites excluding steroid dienone is 2. The second-order valence-corrected chi connectivity index (χ2v) is 9.87. The van der Waals surface area contributed by atoms with Crippen LogP contribution in [0.1, 0.15) is 44.0 Å². The van der Waals surface area contributed by atoms with Gasteiger partial charge in [0.1, 0.15) is 12.6 Å². The van der Waals surface area contributed by atoms with Crippen LogP contribution in [0.3, 0.4) is 0 Å². The SMILES string of the molecule is COC(=O)/C=C/C1=CN(CCOC(C)=O)[C@H]2C[C@@H]1[C@H](C(=O)N1CCC[C@H]1CO)n1c2cc2ccccc21. The molecule has 1 aromatic heterocycles. The number of carbonyl (C=O) groups is 3. The summed E-state index contributed by atoms with van der Waals surface area (Å²) in [6.45, 7) is 2.66. The van der Waals surface area contributed by atoms with Gasteiger partial charge >= 0.3 is 11.9 Å². The first-order valence-electron chi connectivity index (χ1n) is 12.8. The molecule has 9 heteroatoms. The number of aromatic nitrogens is 1. The van der Waals surface area contributed by atoms with Crippen LogP contribution in [0.25, 0.3) is 10.9 Å². The number of fused-ring (bicyclic) bond motifs is 6. The summed E-state index contributed by atoms with van der Waals surface area (Å²) in [7, 11) is 1.33. The van der Waals surface area contributed by atoms with E-state index in [1.54, 1.807) is 6.08 Å². The Bertz CT molecular complexity index is 1260. The molecular weight excluding hydrogens is 474 g/mol. The van der Waals surface area contributed by atoms with Gasteiger partial charge in [0, 0.05) is 42.9 Å². The van der Waals surface area contributed by atoms with Gasteiger partial charge in [0.05, 0.1) is 32.3 Å². The zero-order valence-electron chi connectivity index (χ0n) is 21.2. The molecule has 0 aliphatic carbocycles. The minimum atomic E-state index is -0.512. The van der Waals surface area contributed by atoms with Crippen molar-refractivity contribution in [1.82, 2.24) is 14.4 Å². The maximum atomic E-state index is 14.2. The number of ether oxygens (including phenoxy) is 2. The monoisotopic (exact) mass is 507 g/mol. The van der Waals surface area contributed by atoms with Crippen LogP contribution in [-0.4, -0.2) is 76.8 Å². The predicted octanol–water partition coefficient (Wildman–Crippen LogP) is 2.72. The van der Waals surface area contributed by atoms with Gasteiger partial charge in [0.25, 0.3) is 0 Å². The Morgan fingerprint density at radius 1 is 1.22 bits per heavy atom. The van der Waals surface area contributed by atoms with Gasteiger partial charge in [-0.15, -0.1) is 0 Å². The van der Waals surface area contributed by atoms with Gasteiger partial charge in [-0.1, -0.05) is 18.2 Å². The molecule has 0 unspecified atom stereocenters. The highest BCUT2D eigenvalue weighted by Gasteiger charge is 2.47. The summed E-state index contributed by atoms with van der Waals surface area (Å²) in [4.78, 5) is 41.6. The maximum Gasteiger partial charge on any atom is 0.330 e. The average Bonchev–Trinajstić information content (AvgIpc) is 3.53. The third-order valence-corrected chi connectivity index (χ3v) is 7.79. The van der Waals surface area contributed by atoms with E-state index in [1.165, 1.54) is 20.1 Å². The van der Waals surface area contributed by atoms with Crippen molar-refractivity contribution in [2.45, 2.75) is 44.3 Å². The highest BCUT2D eigenvalue weighted by atomic mass is 16.5. The van der Waals surface area contributed by atoms with Crippen LogP contribution in [0.5, 0.6) is 0 Å². The quantitative estimate of drug-likeness (QED) is 0.454. The Labute approximate surface area is 215 Å². The van der Waals surface area contributed by atoms with Gasteiger partial charge in [-0.25, -0.2) is 4.79 Å². The molecule has 196 valence electrons. The van der Waals surface area contributed by atoms with E-state index in [4.69, 9.17) is 9.47 Å². The van der Waals surface area contributed by atoms with E-state index in [9.17, 15) is 19.5 Å². The zero-order chi connectivity index (χ0) is 26.1. The highest BCUT2D eigenvalue weighted by molar-refractivity contribution is 5.88. The predicted molar refractivity (Wildman–Crippen MR) is 136 cm³/mol. The number of aliphatic hydroxyl groups excluding tert-OH is 1. The molecule has 2 bridgehead atoms. The zero-order valence-corrected chi connectivity index (χ0v) is 21.2. The Kier molecular flexibility index (Phi) is 7.06. The fourth-order valence-corrected chi connectivity index (χ4v) is 6.12. The molecule has 2 aromatic rings. The molecule has 1 saturated heterocycles. The molecule has 1 N–H and O–H groups in total. The normalized spacial score (nSPS) is 24.8. The van der Waals surface area contributed by atoms with Crippen LogP contribution in [0.2, 0.25) is 0 Å². The van der Waals surface area contributed by atoms with Gasteiger partial charge in [-0.3, -0.25) is 9.59 Å². The van der Waals surface area contributed by atoms with Crippen molar-refractivity contribution in [1.29, 1.82) is 0 Å². The van der Waals surface area contributed by atoms with E-state index in [-0.39, 0.29) is 43.1 Å². The van der Waals surface area contributed by atoms with Crippen molar-refractivity contribution in [3.05, 3.63) is 60.0 Å². The lowest BCUT2D eigenvalue weighted by atomic mass is 9.77. The van der Waals surface area contributed by atoms with Crippen LogP contribution >= 0.6 is 0 Å². The third kappa shape index (κ3) is 4.64. The topological polar surface area (TPSA) is 101 Å². The molecule has 1 amide bonds. The summed E-state index contributed by atoms with van der Waals surface area (Å²) in [6, 6.07) is 9.46. The summed E-state index contributed by atoms with van der Waals surface area (Å²) in [6.07, 6.45) is 7.42. The van der Waals surface area contributed by atoms with Crippen molar-refractivity contribution in [2.24, 2.45) is 5.92 Å². The number of nitrogens with zero attached hydrogens (tertiary/aromatic N) is 3. The van der Waals surface area contributed by atoms with Crippen LogP contribution < -0.4 is 0 Å². The van der Waals surface area contributed by atoms with Gasteiger partial charge in [0.15, 0.2) is 0 Å². The molecule has 3 aliphatic rings. The number of para-hydroxylation sites is 1. The molecule has 4 atom stereocenters. The average molecular weight is 508 g/mol. The van der Waals surface area contributed by atoms with E-state index in [0.717, 1.165) is 35.0 Å². The Hall–Kier alpha value is -3.59. The van der Waals surface area contributed by atoms with E-state index in [1.807, 2.05) is 35.4 Å². The minimum absolute atomic E-state index is 0.00617. The second kappa shape index (κ2) is 10.4. The summed E-state index contributed by atoms with van der Waals surface area (Å²) < 4.78 is 12.2. The molecule has 0 spiro atoms. The number of aliphatic hydroxyl groups is 1. The summed E-state index contributed by atoms with van der Waals surface area (Å²) in [5.74, 6) is -1.00. The number of hydrogen-bond donors (Lipinski definition) is 1. The number of benzene rings is 1. The van der Waals surface area contributed by atoms with E-state index >= 15 is 0 Å². The second-order valence-electron chi connectivity index (χ2n) is 9.87. The van der Waals surface area contributed by atoms with Crippen molar-refractivity contribution >= 4 is 28.7 Å². The number of esters is 2. The highest BCUT2D eigenvalue weighted by Crippen LogP contribution is 2.50. The van der Waals surface area contributed by atoms with Gasteiger partial charge < -0.3 is 28.9 Å². The summed E-state index contributed by atoms with van der Waals surface area (Å²) >= 11 is 0. The lowest BCUT2D eigenvalue weighted by molar-refractivity contribution is -0.142. The molecule has 3 aliphatic heterocycles. The molecule has 4 heterocycles. The molecule has 37 heavy (non-hydrogen) atoms. The van der Waals surface area contributed by atoms with Crippen molar-refractivity contribution in [3.63, 3.8) is 0 Å².